The van der Waals surface area contributed by atoms with Crippen LogP contribution in [0.1, 0.15) is 35.2 Å². The molecule has 0 aromatic heterocycles. The van der Waals surface area contributed by atoms with Crippen LogP contribution in [-0.2, 0) is 6.42 Å². The Labute approximate surface area is 134 Å². The zero-order valence-corrected chi connectivity index (χ0v) is 14.3. The lowest BCUT2D eigenvalue weighted by Gasteiger charge is -2.21. The van der Waals surface area contributed by atoms with Gasteiger partial charge in [0.25, 0.3) is 0 Å². The second-order valence-electron chi connectivity index (χ2n) is 5.36. The molecule has 1 unspecified atom stereocenters. The summed E-state index contributed by atoms with van der Waals surface area (Å²) < 4.78 is 14.0. The largest absolute Gasteiger partial charge is 0.310 e. The van der Waals surface area contributed by atoms with Gasteiger partial charge in [0.2, 0.25) is 0 Å². The van der Waals surface area contributed by atoms with Crippen LogP contribution < -0.4 is 5.32 Å². The molecule has 3 heteroatoms. The molecule has 2 aromatic rings. The Morgan fingerprint density at radius 2 is 1.81 bits per heavy atom. The Balaban J connectivity index is 2.33. The molecule has 0 saturated carbocycles. The van der Waals surface area contributed by atoms with Crippen LogP contribution in [0.15, 0.2) is 40.9 Å². The average Bonchev–Trinajstić information content (AvgIpc) is 2.45. The fraction of sp³-hybridized carbons (Fsp3) is 0.333. The zero-order valence-electron chi connectivity index (χ0n) is 12.7. The first-order chi connectivity index (χ1) is 10.0. The van der Waals surface area contributed by atoms with Gasteiger partial charge in [-0.05, 0) is 77.1 Å². The molecule has 0 aliphatic rings. The highest BCUT2D eigenvalue weighted by Gasteiger charge is 2.15. The highest BCUT2D eigenvalue weighted by Crippen LogP contribution is 2.26. The van der Waals surface area contributed by atoms with E-state index in [4.69, 9.17) is 0 Å². The minimum absolute atomic E-state index is 0.187. The molecule has 2 aromatic carbocycles. The normalized spacial score (nSPS) is 12.4. The molecule has 0 spiro atoms. The smallest absolute Gasteiger partial charge is 0.137 e. The van der Waals surface area contributed by atoms with Crippen LogP contribution in [-0.4, -0.2) is 6.54 Å². The maximum atomic E-state index is 13.4. The lowest BCUT2D eigenvalue weighted by Crippen LogP contribution is -2.23. The monoisotopic (exact) mass is 349 g/mol. The molecular formula is C18H21BrFN. The Morgan fingerprint density at radius 3 is 2.38 bits per heavy atom. The van der Waals surface area contributed by atoms with E-state index < -0.39 is 0 Å². The third-order valence-corrected chi connectivity index (χ3v) is 4.46. The van der Waals surface area contributed by atoms with Gasteiger partial charge in [0.05, 0.1) is 4.47 Å². The van der Waals surface area contributed by atoms with Crippen molar-refractivity contribution in [3.63, 3.8) is 0 Å². The van der Waals surface area contributed by atoms with E-state index in [1.165, 1.54) is 22.8 Å². The Morgan fingerprint density at radius 1 is 1.14 bits per heavy atom. The van der Waals surface area contributed by atoms with Crippen LogP contribution in [0.2, 0.25) is 0 Å². The summed E-state index contributed by atoms with van der Waals surface area (Å²) in [5, 5.41) is 3.51. The first-order valence-electron chi connectivity index (χ1n) is 7.26. The lowest BCUT2D eigenvalue weighted by atomic mass is 9.93. The summed E-state index contributed by atoms with van der Waals surface area (Å²) in [6, 6.07) is 11.8. The summed E-state index contributed by atoms with van der Waals surface area (Å²) in [5.74, 6) is -0.221. The molecular weight excluding hydrogens is 329 g/mol. The van der Waals surface area contributed by atoms with Gasteiger partial charge >= 0.3 is 0 Å². The molecule has 0 bridgehead atoms. The molecule has 21 heavy (non-hydrogen) atoms. The van der Waals surface area contributed by atoms with Crippen LogP contribution in [0, 0.1) is 19.7 Å². The maximum Gasteiger partial charge on any atom is 0.137 e. The summed E-state index contributed by atoms with van der Waals surface area (Å²) in [7, 11) is 0. The van der Waals surface area contributed by atoms with Crippen LogP contribution >= 0.6 is 15.9 Å². The van der Waals surface area contributed by atoms with Crippen molar-refractivity contribution in [1.82, 2.24) is 5.32 Å². The van der Waals surface area contributed by atoms with E-state index in [0.29, 0.717) is 4.47 Å². The molecule has 0 radical (unpaired) electrons. The van der Waals surface area contributed by atoms with Crippen LogP contribution in [0.3, 0.4) is 0 Å². The number of halogens is 2. The first-order valence-corrected chi connectivity index (χ1v) is 8.05. The molecule has 112 valence electrons. The summed E-state index contributed by atoms with van der Waals surface area (Å²) in [6.07, 6.45) is 0.907. The summed E-state index contributed by atoms with van der Waals surface area (Å²) in [5.41, 5.74) is 5.08. The van der Waals surface area contributed by atoms with Crippen molar-refractivity contribution in [2.75, 3.05) is 6.54 Å². The van der Waals surface area contributed by atoms with Crippen molar-refractivity contribution >= 4 is 15.9 Å². The number of nitrogens with one attached hydrogen (secondary N) is 1. The van der Waals surface area contributed by atoms with Gasteiger partial charge in [-0.1, -0.05) is 31.2 Å². The minimum atomic E-state index is -0.221. The molecule has 0 fully saturated rings. The van der Waals surface area contributed by atoms with Gasteiger partial charge in [-0.25, -0.2) is 4.39 Å². The van der Waals surface area contributed by atoms with Gasteiger partial charge in [-0.3, -0.25) is 0 Å². The van der Waals surface area contributed by atoms with Crippen molar-refractivity contribution in [1.29, 1.82) is 0 Å². The van der Waals surface area contributed by atoms with Gasteiger partial charge in [0.15, 0.2) is 0 Å². The van der Waals surface area contributed by atoms with E-state index in [1.807, 2.05) is 12.1 Å². The summed E-state index contributed by atoms with van der Waals surface area (Å²) >= 11 is 3.28. The van der Waals surface area contributed by atoms with E-state index in [1.54, 1.807) is 0 Å². The topological polar surface area (TPSA) is 12.0 Å². The van der Waals surface area contributed by atoms with Gasteiger partial charge in [-0.2, -0.15) is 0 Å². The minimum Gasteiger partial charge on any atom is -0.310 e. The quantitative estimate of drug-likeness (QED) is 0.791. The fourth-order valence-corrected chi connectivity index (χ4v) is 3.05. The van der Waals surface area contributed by atoms with Crippen LogP contribution in [0.5, 0.6) is 0 Å². The lowest BCUT2D eigenvalue weighted by molar-refractivity contribution is 0.544. The molecule has 0 heterocycles. The van der Waals surface area contributed by atoms with Crippen molar-refractivity contribution in [2.24, 2.45) is 0 Å². The number of hydrogen-bond donors (Lipinski definition) is 1. The highest BCUT2D eigenvalue weighted by molar-refractivity contribution is 9.10. The fourth-order valence-electron chi connectivity index (χ4n) is 2.66. The highest BCUT2D eigenvalue weighted by atomic mass is 79.9. The molecule has 1 N–H and O–H groups in total. The molecule has 0 saturated heterocycles. The van der Waals surface area contributed by atoms with Crippen LogP contribution in [0.4, 0.5) is 4.39 Å². The van der Waals surface area contributed by atoms with Crippen molar-refractivity contribution in [2.45, 2.75) is 33.2 Å². The number of likely N-dealkylation sites (N-methyl/N-ethyl adjacent to an activating group) is 1. The molecule has 2 rings (SSSR count). The number of hydrogen-bond acceptors (Lipinski definition) is 1. The van der Waals surface area contributed by atoms with Crippen molar-refractivity contribution in [3.8, 4) is 0 Å². The van der Waals surface area contributed by atoms with E-state index in [2.05, 4.69) is 60.2 Å². The van der Waals surface area contributed by atoms with Crippen molar-refractivity contribution < 1.29 is 4.39 Å². The molecule has 0 aliphatic carbocycles. The third-order valence-electron chi connectivity index (χ3n) is 3.85. The van der Waals surface area contributed by atoms with Gasteiger partial charge in [0, 0.05) is 6.04 Å². The van der Waals surface area contributed by atoms with Crippen molar-refractivity contribution in [3.05, 3.63) is 68.9 Å². The Kier molecular flexibility index (Phi) is 5.54. The van der Waals surface area contributed by atoms with E-state index in [0.717, 1.165) is 18.5 Å². The van der Waals surface area contributed by atoms with Gasteiger partial charge < -0.3 is 5.32 Å². The van der Waals surface area contributed by atoms with E-state index in [9.17, 15) is 4.39 Å². The Hall–Kier alpha value is -1.19. The molecule has 1 nitrogen and oxygen atoms in total. The SMILES string of the molecule is CCNC(Cc1c(C)cccc1C)c1ccc(F)c(Br)c1. The predicted octanol–water partition coefficient (Wildman–Crippen LogP) is 5.10. The van der Waals surface area contributed by atoms with E-state index >= 15 is 0 Å². The molecule has 0 amide bonds. The van der Waals surface area contributed by atoms with Gasteiger partial charge in [0.1, 0.15) is 5.82 Å². The maximum absolute atomic E-state index is 13.4. The zero-order chi connectivity index (χ0) is 15.4. The second kappa shape index (κ2) is 7.19. The average molecular weight is 350 g/mol. The first kappa shape index (κ1) is 16.2. The number of rotatable bonds is 5. The number of aryl methyl sites for hydroxylation is 2. The predicted molar refractivity (Wildman–Crippen MR) is 90.1 cm³/mol. The molecule has 0 aliphatic heterocycles. The summed E-state index contributed by atoms with van der Waals surface area (Å²) in [6.45, 7) is 7.26. The van der Waals surface area contributed by atoms with Gasteiger partial charge in [-0.15, -0.1) is 0 Å². The third kappa shape index (κ3) is 3.92. The van der Waals surface area contributed by atoms with Crippen LogP contribution in [0.25, 0.3) is 0 Å². The van der Waals surface area contributed by atoms with E-state index in [-0.39, 0.29) is 11.9 Å². The number of benzene rings is 2. The standard InChI is InChI=1S/C18H21BrFN/c1-4-21-18(14-8-9-17(20)16(19)10-14)11-15-12(2)6-5-7-13(15)3/h5-10,18,21H,4,11H2,1-3H3. The summed E-state index contributed by atoms with van der Waals surface area (Å²) in [4.78, 5) is 0. The second-order valence-corrected chi connectivity index (χ2v) is 6.21. The molecule has 1 atom stereocenters. The Bertz CT molecular complexity index is 604.